The molecule has 0 unspecified atom stereocenters. The fraction of sp³-hybridized carbons (Fsp3) is 0.379. The average molecular weight is 426 g/mol. The Morgan fingerprint density at radius 1 is 0.656 bits per heavy atom. The molecule has 0 saturated carbocycles. The third kappa shape index (κ3) is 3.85. The summed E-state index contributed by atoms with van der Waals surface area (Å²) in [5, 5.41) is 0. The number of benzene rings is 3. The van der Waals surface area contributed by atoms with Crippen molar-refractivity contribution in [1.82, 2.24) is 0 Å². The molecule has 32 heavy (non-hydrogen) atoms. The first-order valence-corrected chi connectivity index (χ1v) is 12.0. The van der Waals surface area contributed by atoms with Gasteiger partial charge in [0.2, 0.25) is 0 Å². The van der Waals surface area contributed by atoms with Crippen molar-refractivity contribution >= 4 is 17.1 Å². The van der Waals surface area contributed by atoms with Gasteiger partial charge in [0.25, 0.3) is 0 Å². The van der Waals surface area contributed by atoms with Gasteiger partial charge in [0.05, 0.1) is 0 Å². The maximum Gasteiger partial charge on any atom is 0.0396 e. The summed E-state index contributed by atoms with van der Waals surface area (Å²) >= 11 is 0. The van der Waals surface area contributed by atoms with Gasteiger partial charge in [-0.05, 0) is 77.8 Å². The second-order valence-electron chi connectivity index (χ2n) is 9.75. The van der Waals surface area contributed by atoms with Crippen LogP contribution in [-0.4, -0.2) is 41.3 Å². The summed E-state index contributed by atoms with van der Waals surface area (Å²) < 4.78 is 0. The lowest BCUT2D eigenvalue weighted by atomic mass is 9.82. The third-order valence-corrected chi connectivity index (χ3v) is 7.32. The summed E-state index contributed by atoms with van der Waals surface area (Å²) in [7, 11) is 8.64. The molecular formula is C29H35N3. The molecule has 2 aliphatic rings. The van der Waals surface area contributed by atoms with Gasteiger partial charge in [-0.15, -0.1) is 0 Å². The van der Waals surface area contributed by atoms with E-state index in [1.54, 1.807) is 0 Å². The van der Waals surface area contributed by atoms with Crippen LogP contribution in [0.4, 0.5) is 17.1 Å². The van der Waals surface area contributed by atoms with Gasteiger partial charge < -0.3 is 14.7 Å². The number of rotatable bonds is 4. The molecule has 5 rings (SSSR count). The molecule has 3 aromatic rings. The van der Waals surface area contributed by atoms with Crippen LogP contribution in [0.5, 0.6) is 0 Å². The molecule has 0 aliphatic carbocycles. The predicted molar refractivity (Wildman–Crippen MR) is 138 cm³/mol. The lowest BCUT2D eigenvalue weighted by Crippen LogP contribution is -2.25. The van der Waals surface area contributed by atoms with Gasteiger partial charge in [-0.3, -0.25) is 0 Å². The largest absolute Gasteiger partial charge is 0.378 e. The smallest absolute Gasteiger partial charge is 0.0396 e. The molecule has 2 aliphatic heterocycles. The zero-order valence-corrected chi connectivity index (χ0v) is 19.9. The highest BCUT2D eigenvalue weighted by molar-refractivity contribution is 5.61. The Bertz CT molecular complexity index is 1040. The molecule has 166 valence electrons. The van der Waals surface area contributed by atoms with Crippen LogP contribution < -0.4 is 14.7 Å². The molecular weight excluding hydrogens is 390 g/mol. The molecule has 3 heteroatoms. The zero-order valence-electron chi connectivity index (χ0n) is 19.9. The highest BCUT2D eigenvalue weighted by atomic mass is 15.1. The summed E-state index contributed by atoms with van der Waals surface area (Å²) in [4.78, 5) is 6.97. The highest BCUT2D eigenvalue weighted by Crippen LogP contribution is 2.38. The monoisotopic (exact) mass is 425 g/mol. The van der Waals surface area contributed by atoms with Crippen molar-refractivity contribution in [3.63, 3.8) is 0 Å². The predicted octanol–water partition coefficient (Wildman–Crippen LogP) is 5.70. The van der Waals surface area contributed by atoms with Crippen molar-refractivity contribution < 1.29 is 0 Å². The lowest BCUT2D eigenvalue weighted by molar-refractivity contribution is 0.739. The quantitative estimate of drug-likeness (QED) is 0.497. The molecule has 0 spiro atoms. The van der Waals surface area contributed by atoms with Gasteiger partial charge in [-0.1, -0.05) is 36.4 Å². The van der Waals surface area contributed by atoms with Crippen LogP contribution in [0, 0.1) is 0 Å². The van der Waals surface area contributed by atoms with Crippen molar-refractivity contribution in [2.45, 2.75) is 31.6 Å². The molecule has 3 aromatic carbocycles. The van der Waals surface area contributed by atoms with E-state index in [0.717, 1.165) is 13.1 Å². The maximum absolute atomic E-state index is 2.47. The first kappa shape index (κ1) is 20.9. The molecule has 0 N–H and O–H groups in total. The maximum atomic E-state index is 2.47. The topological polar surface area (TPSA) is 9.72 Å². The summed E-state index contributed by atoms with van der Waals surface area (Å²) in [6.45, 7) is 2.31. The Labute approximate surface area is 193 Å². The Hall–Kier alpha value is -2.94. The number of hydrogen-bond acceptors (Lipinski definition) is 3. The fourth-order valence-corrected chi connectivity index (χ4v) is 5.51. The molecule has 0 atom stereocenters. The molecule has 0 aromatic heterocycles. The Kier molecular flexibility index (Phi) is 5.58. The van der Waals surface area contributed by atoms with Crippen molar-refractivity contribution in [1.29, 1.82) is 0 Å². The van der Waals surface area contributed by atoms with Crippen LogP contribution in [0.3, 0.4) is 0 Å². The average Bonchev–Trinajstić information content (AvgIpc) is 2.80. The molecule has 3 nitrogen and oxygen atoms in total. The van der Waals surface area contributed by atoms with Crippen molar-refractivity contribution in [3.8, 4) is 0 Å². The molecule has 0 saturated heterocycles. The highest BCUT2D eigenvalue weighted by Gasteiger charge is 2.23. The lowest BCUT2D eigenvalue weighted by Gasteiger charge is -2.31. The van der Waals surface area contributed by atoms with Crippen LogP contribution in [-0.2, 0) is 12.8 Å². The van der Waals surface area contributed by atoms with Crippen molar-refractivity contribution in [3.05, 3.63) is 88.5 Å². The second kappa shape index (κ2) is 8.54. The number of fused-ring (bicyclic) bond motifs is 2. The Morgan fingerprint density at radius 3 is 1.59 bits per heavy atom. The Balaban J connectivity index is 1.61. The van der Waals surface area contributed by atoms with E-state index in [1.165, 1.54) is 70.6 Å². The van der Waals surface area contributed by atoms with E-state index in [1.807, 2.05) is 0 Å². The van der Waals surface area contributed by atoms with Crippen molar-refractivity contribution in [2.24, 2.45) is 0 Å². The van der Waals surface area contributed by atoms with E-state index >= 15 is 0 Å². The molecule has 2 heterocycles. The van der Waals surface area contributed by atoms with E-state index in [0.29, 0.717) is 0 Å². The van der Waals surface area contributed by atoms with Crippen LogP contribution in [0.2, 0.25) is 0 Å². The van der Waals surface area contributed by atoms with Crippen LogP contribution in [0.1, 0.15) is 46.6 Å². The van der Waals surface area contributed by atoms with Gasteiger partial charge in [0, 0.05) is 64.3 Å². The van der Waals surface area contributed by atoms with Gasteiger partial charge in [0.1, 0.15) is 0 Å². The summed E-state index contributed by atoms with van der Waals surface area (Å²) in [6, 6.07) is 23.5. The third-order valence-electron chi connectivity index (χ3n) is 7.32. The Morgan fingerprint density at radius 2 is 1.12 bits per heavy atom. The van der Waals surface area contributed by atoms with Crippen LogP contribution in [0.25, 0.3) is 0 Å². The van der Waals surface area contributed by atoms with Gasteiger partial charge in [-0.25, -0.2) is 0 Å². The van der Waals surface area contributed by atoms with Gasteiger partial charge in [-0.2, -0.15) is 0 Å². The summed E-state index contributed by atoms with van der Waals surface area (Å²) in [5.74, 6) is 0.251. The SMILES string of the molecule is CN(C)c1ccc(C(c2ccc3c(c2)CCCN3C)c2ccc3c(c2)CCCN3C)cc1. The first-order valence-electron chi connectivity index (χ1n) is 12.0. The summed E-state index contributed by atoms with van der Waals surface area (Å²) in [6.07, 6.45) is 4.82. The van der Waals surface area contributed by atoms with E-state index < -0.39 is 0 Å². The summed E-state index contributed by atoms with van der Waals surface area (Å²) in [5.41, 5.74) is 11.2. The molecule has 0 fully saturated rings. The molecule has 0 radical (unpaired) electrons. The number of nitrogens with zero attached hydrogens (tertiary/aromatic N) is 3. The minimum atomic E-state index is 0.251. The molecule has 0 bridgehead atoms. The minimum Gasteiger partial charge on any atom is -0.378 e. The number of aryl methyl sites for hydroxylation is 2. The van der Waals surface area contributed by atoms with E-state index in [4.69, 9.17) is 0 Å². The van der Waals surface area contributed by atoms with Gasteiger partial charge in [0.15, 0.2) is 0 Å². The number of hydrogen-bond donors (Lipinski definition) is 0. The van der Waals surface area contributed by atoms with Gasteiger partial charge >= 0.3 is 0 Å². The van der Waals surface area contributed by atoms with Crippen LogP contribution >= 0.6 is 0 Å². The van der Waals surface area contributed by atoms with E-state index in [-0.39, 0.29) is 5.92 Å². The second-order valence-corrected chi connectivity index (χ2v) is 9.75. The van der Waals surface area contributed by atoms with Crippen molar-refractivity contribution in [2.75, 3.05) is 56.0 Å². The first-order chi connectivity index (χ1) is 15.5. The van der Waals surface area contributed by atoms with Crippen LogP contribution in [0.15, 0.2) is 60.7 Å². The normalized spacial score (nSPS) is 15.5. The fourth-order valence-electron chi connectivity index (χ4n) is 5.51. The van der Waals surface area contributed by atoms with E-state index in [2.05, 4.69) is 104 Å². The minimum absolute atomic E-state index is 0.251. The standard InChI is InChI=1S/C29H35N3/c1-30(2)26-13-9-21(10-14-26)29(24-11-15-27-22(19-24)7-5-17-31(27)3)25-12-16-28-23(20-25)8-6-18-32(28)4/h9-16,19-20,29H,5-8,17-18H2,1-4H3. The zero-order chi connectivity index (χ0) is 22.2. The number of anilines is 3. The molecule has 0 amide bonds. The van der Waals surface area contributed by atoms with E-state index in [9.17, 15) is 0 Å².